The first-order chi connectivity index (χ1) is 12.5. The average Bonchev–Trinajstić information content (AvgIpc) is 2.64. The quantitative estimate of drug-likeness (QED) is 0.760. The Balaban J connectivity index is 1.94. The number of hydrogen-bond donors (Lipinski definition) is 2. The van der Waals surface area contributed by atoms with E-state index in [1.54, 1.807) is 26.2 Å². The van der Waals surface area contributed by atoms with E-state index in [-0.39, 0.29) is 0 Å². The molecule has 0 aliphatic carbocycles. The van der Waals surface area contributed by atoms with Crippen LogP contribution in [0.2, 0.25) is 5.02 Å². The zero-order valence-corrected chi connectivity index (χ0v) is 15.6. The van der Waals surface area contributed by atoms with Crippen molar-refractivity contribution in [2.75, 3.05) is 26.1 Å². The molecule has 0 fully saturated rings. The van der Waals surface area contributed by atoms with Gasteiger partial charge < -0.3 is 20.1 Å². The van der Waals surface area contributed by atoms with E-state index >= 15 is 0 Å². The molecule has 138 valence electrons. The second-order valence-corrected chi connectivity index (χ2v) is 5.98. The summed E-state index contributed by atoms with van der Waals surface area (Å²) >= 11 is 6.03. The monoisotopic (exact) mass is 376 g/mol. The van der Waals surface area contributed by atoms with Gasteiger partial charge in [0.1, 0.15) is 11.5 Å². The van der Waals surface area contributed by atoms with Gasteiger partial charge in [-0.2, -0.15) is 0 Å². The summed E-state index contributed by atoms with van der Waals surface area (Å²) in [6.45, 7) is 2.11. The minimum absolute atomic E-state index is 0.309. The molecule has 0 atom stereocenters. The lowest BCUT2D eigenvalue weighted by Gasteiger charge is -2.12. The van der Waals surface area contributed by atoms with E-state index in [1.807, 2.05) is 24.3 Å². The number of hydrogen-bond acceptors (Lipinski definition) is 4. The zero-order chi connectivity index (χ0) is 19.1. The van der Waals surface area contributed by atoms with Gasteiger partial charge in [0.05, 0.1) is 19.9 Å². The van der Waals surface area contributed by atoms with E-state index in [2.05, 4.69) is 10.6 Å². The Morgan fingerprint density at radius 2 is 1.73 bits per heavy atom. The molecule has 0 spiro atoms. The molecule has 0 heterocycles. The van der Waals surface area contributed by atoms with Crippen LogP contribution in [-0.2, 0) is 16.0 Å². The Morgan fingerprint density at radius 3 is 2.42 bits per heavy atom. The molecule has 2 rings (SSSR count). The number of rotatable bonds is 6. The molecule has 0 bridgehead atoms. The molecule has 6 nitrogen and oxygen atoms in total. The number of benzene rings is 2. The lowest BCUT2D eigenvalue weighted by Crippen LogP contribution is -2.36. The van der Waals surface area contributed by atoms with E-state index < -0.39 is 11.8 Å². The average molecular weight is 377 g/mol. The van der Waals surface area contributed by atoms with Gasteiger partial charge in [-0.1, -0.05) is 29.8 Å². The van der Waals surface area contributed by atoms with E-state index in [4.69, 9.17) is 21.1 Å². The number of nitrogens with one attached hydrogen (secondary N) is 2. The van der Waals surface area contributed by atoms with Crippen LogP contribution in [0.5, 0.6) is 11.5 Å². The zero-order valence-electron chi connectivity index (χ0n) is 14.9. The largest absolute Gasteiger partial charge is 0.496 e. The molecule has 26 heavy (non-hydrogen) atoms. The number of aryl methyl sites for hydroxylation is 1. The standard InChI is InChI=1S/C19H21ClN2O4/c1-12-10-15(17(26-3)11-14(12)20)22-19(24)18(23)21-9-8-13-6-4-5-7-16(13)25-2/h4-7,10-11H,8-9H2,1-3H3,(H,21,23)(H,22,24). The van der Waals surface area contributed by atoms with Gasteiger partial charge >= 0.3 is 11.8 Å². The number of carbonyl (C=O) groups excluding carboxylic acids is 2. The highest BCUT2D eigenvalue weighted by atomic mass is 35.5. The Labute approximate surface area is 157 Å². The minimum Gasteiger partial charge on any atom is -0.496 e. The molecule has 2 aromatic carbocycles. The Kier molecular flexibility index (Phi) is 6.86. The van der Waals surface area contributed by atoms with Gasteiger partial charge in [0.25, 0.3) is 0 Å². The fourth-order valence-corrected chi connectivity index (χ4v) is 2.56. The van der Waals surface area contributed by atoms with Crippen LogP contribution in [-0.4, -0.2) is 32.6 Å². The fraction of sp³-hybridized carbons (Fsp3) is 0.263. The van der Waals surface area contributed by atoms with Gasteiger partial charge in [-0.05, 0) is 36.6 Å². The number of anilines is 1. The van der Waals surface area contributed by atoms with Gasteiger partial charge in [0.15, 0.2) is 0 Å². The first-order valence-corrected chi connectivity index (χ1v) is 8.39. The molecule has 0 radical (unpaired) electrons. The lowest BCUT2D eigenvalue weighted by molar-refractivity contribution is -0.136. The summed E-state index contributed by atoms with van der Waals surface area (Å²) in [6.07, 6.45) is 0.548. The van der Waals surface area contributed by atoms with Crippen molar-refractivity contribution in [3.05, 3.63) is 52.5 Å². The van der Waals surface area contributed by atoms with E-state index in [1.165, 1.54) is 7.11 Å². The van der Waals surface area contributed by atoms with Crippen LogP contribution in [0.15, 0.2) is 36.4 Å². The van der Waals surface area contributed by atoms with Crippen LogP contribution in [0, 0.1) is 6.92 Å². The number of halogens is 1. The Bertz CT molecular complexity index is 808. The van der Waals surface area contributed by atoms with Crippen molar-refractivity contribution in [1.29, 1.82) is 0 Å². The number of ether oxygens (including phenoxy) is 2. The van der Waals surface area contributed by atoms with Gasteiger partial charge in [-0.15, -0.1) is 0 Å². The van der Waals surface area contributed by atoms with Crippen LogP contribution < -0.4 is 20.1 Å². The van der Waals surface area contributed by atoms with E-state index in [0.717, 1.165) is 16.9 Å². The topological polar surface area (TPSA) is 76.7 Å². The normalized spacial score (nSPS) is 10.2. The molecule has 0 saturated heterocycles. The highest BCUT2D eigenvalue weighted by molar-refractivity contribution is 6.40. The second-order valence-electron chi connectivity index (χ2n) is 5.57. The van der Waals surface area contributed by atoms with Crippen molar-refractivity contribution in [2.24, 2.45) is 0 Å². The highest BCUT2D eigenvalue weighted by Crippen LogP contribution is 2.30. The molecule has 0 unspecified atom stereocenters. The molecule has 0 aromatic heterocycles. The fourth-order valence-electron chi connectivity index (χ4n) is 2.41. The summed E-state index contributed by atoms with van der Waals surface area (Å²) in [7, 11) is 3.05. The molecule has 0 aliphatic rings. The third kappa shape index (κ3) is 4.89. The Hall–Kier alpha value is -2.73. The smallest absolute Gasteiger partial charge is 0.313 e. The number of methoxy groups -OCH3 is 2. The summed E-state index contributed by atoms with van der Waals surface area (Å²) in [6, 6.07) is 10.8. The van der Waals surface area contributed by atoms with Crippen molar-refractivity contribution < 1.29 is 19.1 Å². The maximum Gasteiger partial charge on any atom is 0.313 e. The highest BCUT2D eigenvalue weighted by Gasteiger charge is 2.16. The van der Waals surface area contributed by atoms with Crippen molar-refractivity contribution >= 4 is 29.1 Å². The van der Waals surface area contributed by atoms with Gasteiger partial charge in [0, 0.05) is 17.6 Å². The van der Waals surface area contributed by atoms with Crippen LogP contribution in [0.4, 0.5) is 5.69 Å². The Morgan fingerprint density at radius 1 is 1.04 bits per heavy atom. The second kappa shape index (κ2) is 9.10. The van der Waals surface area contributed by atoms with E-state index in [0.29, 0.717) is 29.4 Å². The maximum absolute atomic E-state index is 12.1. The van der Waals surface area contributed by atoms with E-state index in [9.17, 15) is 9.59 Å². The van der Waals surface area contributed by atoms with Crippen LogP contribution in [0.1, 0.15) is 11.1 Å². The third-order valence-electron chi connectivity index (χ3n) is 3.81. The summed E-state index contributed by atoms with van der Waals surface area (Å²) in [4.78, 5) is 24.1. The van der Waals surface area contributed by atoms with Crippen LogP contribution in [0.25, 0.3) is 0 Å². The molecule has 0 aliphatic heterocycles. The molecule has 7 heteroatoms. The number of amides is 2. The van der Waals surface area contributed by atoms with Crippen molar-refractivity contribution in [3.8, 4) is 11.5 Å². The molecule has 0 saturated carbocycles. The first-order valence-electron chi connectivity index (χ1n) is 8.01. The summed E-state index contributed by atoms with van der Waals surface area (Å²) in [5.74, 6) is -0.372. The third-order valence-corrected chi connectivity index (χ3v) is 4.21. The van der Waals surface area contributed by atoms with Crippen molar-refractivity contribution in [2.45, 2.75) is 13.3 Å². The van der Waals surface area contributed by atoms with Gasteiger partial charge in [0.2, 0.25) is 0 Å². The summed E-state index contributed by atoms with van der Waals surface area (Å²) < 4.78 is 10.4. The summed E-state index contributed by atoms with van der Waals surface area (Å²) in [5.41, 5.74) is 2.10. The molecular weight excluding hydrogens is 356 g/mol. The van der Waals surface area contributed by atoms with Gasteiger partial charge in [-0.3, -0.25) is 9.59 Å². The first kappa shape index (κ1) is 19.6. The van der Waals surface area contributed by atoms with Gasteiger partial charge in [-0.25, -0.2) is 0 Å². The molecular formula is C19H21ClN2O4. The van der Waals surface area contributed by atoms with Crippen LogP contribution in [0.3, 0.4) is 0 Å². The predicted molar refractivity (Wildman–Crippen MR) is 101 cm³/mol. The van der Waals surface area contributed by atoms with Crippen LogP contribution >= 0.6 is 11.6 Å². The number of para-hydroxylation sites is 1. The SMILES string of the molecule is COc1ccccc1CCNC(=O)C(=O)Nc1cc(C)c(Cl)cc1OC. The van der Waals surface area contributed by atoms with Crippen molar-refractivity contribution in [3.63, 3.8) is 0 Å². The maximum atomic E-state index is 12.1. The predicted octanol–water partition coefficient (Wildman–Crippen LogP) is 2.96. The van der Waals surface area contributed by atoms with Crippen molar-refractivity contribution in [1.82, 2.24) is 5.32 Å². The lowest BCUT2D eigenvalue weighted by atomic mass is 10.1. The summed E-state index contributed by atoms with van der Waals surface area (Å²) in [5, 5.41) is 5.65. The minimum atomic E-state index is -0.773. The molecule has 2 aromatic rings. The molecule has 2 N–H and O–H groups in total. The number of carbonyl (C=O) groups is 2. The molecule has 2 amide bonds.